The van der Waals surface area contributed by atoms with Gasteiger partial charge in [-0.05, 0) is 48.6 Å². The van der Waals surface area contributed by atoms with E-state index in [1.54, 1.807) is 0 Å². The molecule has 0 unspecified atom stereocenters. The van der Waals surface area contributed by atoms with E-state index in [1.165, 1.54) is 25.7 Å². The Morgan fingerprint density at radius 3 is 2.58 bits per heavy atom. The minimum atomic E-state index is 0.183. The van der Waals surface area contributed by atoms with Gasteiger partial charge in [-0.3, -0.25) is 0 Å². The van der Waals surface area contributed by atoms with Crippen LogP contribution in [0.3, 0.4) is 0 Å². The Kier molecular flexibility index (Phi) is 4.38. The zero-order valence-corrected chi connectivity index (χ0v) is 14.7. The summed E-state index contributed by atoms with van der Waals surface area (Å²) in [7, 11) is 0. The molecule has 2 N–H and O–H groups in total. The minimum Gasteiger partial charge on any atom is -0.349 e. The first-order valence-corrected chi connectivity index (χ1v) is 9.12. The number of nitrogens with one attached hydrogen (secondary N) is 2. The van der Waals surface area contributed by atoms with Crippen molar-refractivity contribution < 1.29 is 0 Å². The van der Waals surface area contributed by atoms with Gasteiger partial charge < -0.3 is 10.3 Å². The van der Waals surface area contributed by atoms with E-state index in [-0.39, 0.29) is 6.04 Å². The normalized spacial score (nSPS) is 16.6. The van der Waals surface area contributed by atoms with Crippen molar-refractivity contribution >= 4 is 40.2 Å². The van der Waals surface area contributed by atoms with Crippen LogP contribution in [0.25, 0.3) is 11.0 Å². The third-order valence-electron chi connectivity index (χ3n) is 4.86. The van der Waals surface area contributed by atoms with Crippen LogP contribution in [0, 0.1) is 5.92 Å². The van der Waals surface area contributed by atoms with Crippen molar-refractivity contribution in [2.24, 2.45) is 5.92 Å². The molecule has 4 rings (SSSR count). The molecule has 5 heteroatoms. The maximum atomic E-state index is 6.25. The van der Waals surface area contributed by atoms with Crippen LogP contribution in [-0.4, -0.2) is 9.97 Å². The smallest absolute Gasteiger partial charge is 0.201 e. The van der Waals surface area contributed by atoms with Crippen LogP contribution in [0.2, 0.25) is 10.0 Å². The Bertz CT molecular complexity index is 820. The Labute approximate surface area is 151 Å². The predicted molar refractivity (Wildman–Crippen MR) is 101 cm³/mol. The number of aromatic amines is 1. The van der Waals surface area contributed by atoms with E-state index in [4.69, 9.17) is 23.2 Å². The summed E-state index contributed by atoms with van der Waals surface area (Å²) in [4.78, 5) is 8.03. The number of anilines is 1. The van der Waals surface area contributed by atoms with Gasteiger partial charge in [-0.1, -0.05) is 54.2 Å². The molecule has 24 heavy (non-hydrogen) atoms. The van der Waals surface area contributed by atoms with Gasteiger partial charge in [0.1, 0.15) is 0 Å². The van der Waals surface area contributed by atoms with E-state index in [1.807, 2.05) is 36.4 Å². The molecule has 1 aromatic heterocycles. The molecule has 1 aliphatic rings. The van der Waals surface area contributed by atoms with Gasteiger partial charge in [0.25, 0.3) is 0 Å². The number of H-pyrrole nitrogens is 1. The molecule has 0 radical (unpaired) electrons. The molecule has 0 saturated heterocycles. The molecule has 3 aromatic rings. The number of hydrogen-bond donors (Lipinski definition) is 2. The topological polar surface area (TPSA) is 40.7 Å². The van der Waals surface area contributed by atoms with Crippen LogP contribution in [0.15, 0.2) is 42.5 Å². The summed E-state index contributed by atoms with van der Waals surface area (Å²) in [5, 5.41) is 4.80. The highest BCUT2D eigenvalue weighted by molar-refractivity contribution is 6.42. The van der Waals surface area contributed by atoms with Crippen molar-refractivity contribution in [3.63, 3.8) is 0 Å². The second kappa shape index (κ2) is 6.66. The van der Waals surface area contributed by atoms with Gasteiger partial charge in [0.2, 0.25) is 5.95 Å². The fourth-order valence-corrected chi connectivity index (χ4v) is 3.94. The molecule has 3 nitrogen and oxygen atoms in total. The molecule has 1 fully saturated rings. The second-order valence-electron chi connectivity index (χ2n) is 6.44. The van der Waals surface area contributed by atoms with E-state index >= 15 is 0 Å². The van der Waals surface area contributed by atoms with Crippen LogP contribution in [0.1, 0.15) is 37.3 Å². The van der Waals surface area contributed by atoms with Crippen molar-refractivity contribution in [3.8, 4) is 0 Å². The minimum absolute atomic E-state index is 0.183. The molecule has 0 spiro atoms. The number of rotatable bonds is 4. The number of fused-ring (bicyclic) bond motifs is 1. The molecule has 1 aliphatic carbocycles. The highest BCUT2D eigenvalue weighted by Crippen LogP contribution is 2.39. The lowest BCUT2D eigenvalue weighted by Crippen LogP contribution is -2.19. The number of halogens is 2. The first-order valence-electron chi connectivity index (χ1n) is 8.37. The van der Waals surface area contributed by atoms with E-state index in [2.05, 4.69) is 21.4 Å². The number of aromatic nitrogens is 2. The monoisotopic (exact) mass is 359 g/mol. The molecule has 0 bridgehead atoms. The molecule has 2 aromatic carbocycles. The first kappa shape index (κ1) is 15.8. The lowest BCUT2D eigenvalue weighted by Gasteiger charge is -2.25. The summed E-state index contributed by atoms with van der Waals surface area (Å²) in [6, 6.07) is 14.2. The molecule has 0 aliphatic heterocycles. The van der Waals surface area contributed by atoms with Crippen molar-refractivity contribution in [1.82, 2.24) is 9.97 Å². The SMILES string of the molecule is Clc1ccc([C@H](Nc2nc3ccccc3[nH]2)C2CCCC2)cc1Cl. The maximum Gasteiger partial charge on any atom is 0.201 e. The average Bonchev–Trinajstić information content (AvgIpc) is 3.24. The Morgan fingerprint density at radius 1 is 1.04 bits per heavy atom. The van der Waals surface area contributed by atoms with Crippen LogP contribution < -0.4 is 5.32 Å². The number of imidazole rings is 1. The zero-order chi connectivity index (χ0) is 16.5. The Hall–Kier alpha value is -1.71. The van der Waals surface area contributed by atoms with Crippen molar-refractivity contribution in [2.45, 2.75) is 31.7 Å². The highest BCUT2D eigenvalue weighted by Gasteiger charge is 2.27. The number of para-hydroxylation sites is 2. The summed E-state index contributed by atoms with van der Waals surface area (Å²) in [5.74, 6) is 1.38. The lowest BCUT2D eigenvalue weighted by atomic mass is 9.92. The van der Waals surface area contributed by atoms with Crippen molar-refractivity contribution in [1.29, 1.82) is 0 Å². The predicted octanol–water partition coefficient (Wildman–Crippen LogP) is 6.21. The molecule has 0 amide bonds. The third kappa shape index (κ3) is 3.11. The number of nitrogens with zero attached hydrogens (tertiary/aromatic N) is 1. The standard InChI is InChI=1S/C19H19Cl2N3/c20-14-10-9-13(11-15(14)21)18(12-5-1-2-6-12)24-19-22-16-7-3-4-8-17(16)23-19/h3-4,7-12,18H,1-2,5-6H2,(H2,22,23,24)/t18-/m1/s1. The fourth-order valence-electron chi connectivity index (χ4n) is 3.64. The Morgan fingerprint density at radius 2 is 1.83 bits per heavy atom. The summed E-state index contributed by atoms with van der Waals surface area (Å²) in [6.45, 7) is 0. The van der Waals surface area contributed by atoms with Crippen LogP contribution in [0.4, 0.5) is 5.95 Å². The summed E-state index contributed by atoms with van der Waals surface area (Å²) in [6.07, 6.45) is 5.00. The van der Waals surface area contributed by atoms with E-state index in [0.717, 1.165) is 22.5 Å². The highest BCUT2D eigenvalue weighted by atomic mass is 35.5. The van der Waals surface area contributed by atoms with Crippen LogP contribution in [0.5, 0.6) is 0 Å². The van der Waals surface area contributed by atoms with Crippen molar-refractivity contribution in [2.75, 3.05) is 5.32 Å². The maximum absolute atomic E-state index is 6.25. The van der Waals surface area contributed by atoms with E-state index in [0.29, 0.717) is 16.0 Å². The molecule has 124 valence electrons. The molecule has 1 heterocycles. The van der Waals surface area contributed by atoms with Gasteiger partial charge in [-0.25, -0.2) is 4.98 Å². The lowest BCUT2D eigenvalue weighted by molar-refractivity contribution is 0.468. The third-order valence-corrected chi connectivity index (χ3v) is 5.59. The first-order chi connectivity index (χ1) is 11.7. The Balaban J connectivity index is 1.68. The van der Waals surface area contributed by atoms with Gasteiger partial charge in [0.15, 0.2) is 0 Å². The molecule has 1 atom stereocenters. The summed E-state index contributed by atoms with van der Waals surface area (Å²) >= 11 is 12.3. The molecular formula is C19H19Cl2N3. The molecule has 1 saturated carbocycles. The van der Waals surface area contributed by atoms with E-state index < -0.39 is 0 Å². The zero-order valence-electron chi connectivity index (χ0n) is 13.2. The largest absolute Gasteiger partial charge is 0.349 e. The van der Waals surface area contributed by atoms with Crippen LogP contribution >= 0.6 is 23.2 Å². The van der Waals surface area contributed by atoms with Gasteiger partial charge in [-0.15, -0.1) is 0 Å². The quantitative estimate of drug-likeness (QED) is 0.580. The van der Waals surface area contributed by atoms with Gasteiger partial charge in [-0.2, -0.15) is 0 Å². The van der Waals surface area contributed by atoms with Gasteiger partial charge >= 0.3 is 0 Å². The second-order valence-corrected chi connectivity index (χ2v) is 7.26. The summed E-state index contributed by atoms with van der Waals surface area (Å²) in [5.41, 5.74) is 3.18. The number of benzene rings is 2. The van der Waals surface area contributed by atoms with E-state index in [9.17, 15) is 0 Å². The summed E-state index contributed by atoms with van der Waals surface area (Å²) < 4.78 is 0. The molecular weight excluding hydrogens is 341 g/mol. The van der Waals surface area contributed by atoms with Gasteiger partial charge in [0, 0.05) is 0 Å². The van der Waals surface area contributed by atoms with Crippen LogP contribution in [-0.2, 0) is 0 Å². The fraction of sp³-hybridized carbons (Fsp3) is 0.316. The van der Waals surface area contributed by atoms with Crippen molar-refractivity contribution in [3.05, 3.63) is 58.1 Å². The number of hydrogen-bond acceptors (Lipinski definition) is 2. The average molecular weight is 360 g/mol. The van der Waals surface area contributed by atoms with Gasteiger partial charge in [0.05, 0.1) is 27.1 Å².